The molecule has 0 radical (unpaired) electrons. The first-order valence-electron chi connectivity index (χ1n) is 5.69. The fourth-order valence-corrected chi connectivity index (χ4v) is 1.77. The van der Waals surface area contributed by atoms with Crippen molar-refractivity contribution in [1.82, 2.24) is 9.78 Å². The summed E-state index contributed by atoms with van der Waals surface area (Å²) in [6, 6.07) is 0. The van der Waals surface area contributed by atoms with Crippen LogP contribution in [0.25, 0.3) is 0 Å². The van der Waals surface area contributed by atoms with Crippen molar-refractivity contribution < 1.29 is 4.74 Å². The van der Waals surface area contributed by atoms with E-state index in [1.165, 1.54) is 4.68 Å². The maximum atomic E-state index is 11.9. The minimum Gasteiger partial charge on any atom is -0.383 e. The second-order valence-electron chi connectivity index (χ2n) is 3.67. The second kappa shape index (κ2) is 7.45. The van der Waals surface area contributed by atoms with Crippen molar-refractivity contribution in [2.75, 3.05) is 25.6 Å². The van der Waals surface area contributed by atoms with Crippen molar-refractivity contribution in [3.05, 3.63) is 21.0 Å². The number of halogens is 1. The molecule has 0 aliphatic rings. The highest BCUT2D eigenvalue weighted by molar-refractivity contribution is 9.10. The Bertz CT molecular complexity index is 406. The molecule has 0 fully saturated rings. The number of anilines is 1. The molecule has 0 aliphatic heterocycles. The highest BCUT2D eigenvalue weighted by Gasteiger charge is 2.07. The van der Waals surface area contributed by atoms with Crippen LogP contribution in [0.2, 0.25) is 0 Å². The molecular weight excluding hydrogens is 286 g/mol. The lowest BCUT2D eigenvalue weighted by molar-refractivity contribution is 0.181. The number of aromatic nitrogens is 2. The molecule has 1 N–H and O–H groups in total. The molecule has 1 aromatic heterocycles. The smallest absolute Gasteiger partial charge is 0.283 e. The van der Waals surface area contributed by atoms with E-state index in [2.05, 4.69) is 33.3 Å². The van der Waals surface area contributed by atoms with Gasteiger partial charge in [0.1, 0.15) is 4.47 Å². The number of rotatable bonds is 7. The van der Waals surface area contributed by atoms with E-state index < -0.39 is 0 Å². The summed E-state index contributed by atoms with van der Waals surface area (Å²) < 4.78 is 6.83. The summed E-state index contributed by atoms with van der Waals surface area (Å²) >= 11 is 3.30. The molecule has 0 amide bonds. The number of hydrogen-bond acceptors (Lipinski definition) is 4. The zero-order valence-electron chi connectivity index (χ0n) is 10.2. The van der Waals surface area contributed by atoms with Gasteiger partial charge in [0, 0.05) is 13.7 Å². The van der Waals surface area contributed by atoms with Gasteiger partial charge in [0.15, 0.2) is 0 Å². The van der Waals surface area contributed by atoms with Crippen molar-refractivity contribution in [1.29, 1.82) is 0 Å². The summed E-state index contributed by atoms with van der Waals surface area (Å²) in [4.78, 5) is 11.9. The first-order chi connectivity index (χ1) is 8.20. The van der Waals surface area contributed by atoms with Crippen LogP contribution in [0.1, 0.15) is 19.8 Å². The lowest BCUT2D eigenvalue weighted by atomic mass is 10.3. The third kappa shape index (κ3) is 4.12. The van der Waals surface area contributed by atoms with Gasteiger partial charge in [-0.3, -0.25) is 4.79 Å². The van der Waals surface area contributed by atoms with E-state index in [9.17, 15) is 4.79 Å². The predicted octanol–water partition coefficient (Wildman–Crippen LogP) is 1.86. The Labute approximate surface area is 109 Å². The Morgan fingerprint density at radius 3 is 3.00 bits per heavy atom. The molecular formula is C11H18BrN3O2. The Morgan fingerprint density at radius 2 is 2.35 bits per heavy atom. The molecule has 96 valence electrons. The van der Waals surface area contributed by atoms with E-state index in [0.29, 0.717) is 17.6 Å². The molecule has 1 heterocycles. The molecule has 0 atom stereocenters. The highest BCUT2D eigenvalue weighted by atomic mass is 79.9. The topological polar surface area (TPSA) is 56.1 Å². The van der Waals surface area contributed by atoms with Crippen LogP contribution in [0.5, 0.6) is 0 Å². The number of methoxy groups -OCH3 is 1. The van der Waals surface area contributed by atoms with Crippen LogP contribution < -0.4 is 10.9 Å². The first-order valence-corrected chi connectivity index (χ1v) is 6.48. The Hall–Kier alpha value is -0.880. The second-order valence-corrected chi connectivity index (χ2v) is 4.47. The van der Waals surface area contributed by atoms with Crippen LogP contribution in [0.3, 0.4) is 0 Å². The molecule has 1 aromatic rings. The standard InChI is InChI=1S/C11H18BrN3O2/c1-3-4-5-13-9-8-14-15(6-7-17-2)11(16)10(9)12/h8,13H,3-7H2,1-2H3. The minimum absolute atomic E-state index is 0.136. The van der Waals surface area contributed by atoms with Crippen LogP contribution >= 0.6 is 15.9 Å². The molecule has 17 heavy (non-hydrogen) atoms. The quantitative estimate of drug-likeness (QED) is 0.781. The van der Waals surface area contributed by atoms with E-state index in [-0.39, 0.29) is 5.56 Å². The number of unbranched alkanes of at least 4 members (excludes halogenated alkanes) is 1. The zero-order chi connectivity index (χ0) is 12.7. The van der Waals surface area contributed by atoms with Crippen LogP contribution in [0.15, 0.2) is 15.5 Å². The fraction of sp³-hybridized carbons (Fsp3) is 0.636. The zero-order valence-corrected chi connectivity index (χ0v) is 11.8. The predicted molar refractivity (Wildman–Crippen MR) is 71.5 cm³/mol. The maximum absolute atomic E-state index is 11.9. The third-order valence-corrected chi connectivity index (χ3v) is 3.10. The molecule has 0 spiro atoms. The van der Waals surface area contributed by atoms with Gasteiger partial charge in [-0.25, -0.2) is 4.68 Å². The van der Waals surface area contributed by atoms with Crippen molar-refractivity contribution >= 4 is 21.6 Å². The van der Waals surface area contributed by atoms with Gasteiger partial charge in [0.2, 0.25) is 0 Å². The van der Waals surface area contributed by atoms with Gasteiger partial charge in [-0.15, -0.1) is 0 Å². The van der Waals surface area contributed by atoms with E-state index in [0.717, 1.165) is 25.1 Å². The van der Waals surface area contributed by atoms with Crippen LogP contribution in [0.4, 0.5) is 5.69 Å². The lowest BCUT2D eigenvalue weighted by Gasteiger charge is -2.09. The van der Waals surface area contributed by atoms with Crippen molar-refractivity contribution in [2.24, 2.45) is 0 Å². The van der Waals surface area contributed by atoms with E-state index in [4.69, 9.17) is 4.74 Å². The van der Waals surface area contributed by atoms with Crippen molar-refractivity contribution in [3.8, 4) is 0 Å². The van der Waals surface area contributed by atoms with Crippen LogP contribution in [-0.4, -0.2) is 30.0 Å². The van der Waals surface area contributed by atoms with Crippen LogP contribution in [0, 0.1) is 0 Å². The highest BCUT2D eigenvalue weighted by Crippen LogP contribution is 2.15. The van der Waals surface area contributed by atoms with Gasteiger partial charge in [-0.1, -0.05) is 13.3 Å². The Kier molecular flexibility index (Phi) is 6.21. The lowest BCUT2D eigenvalue weighted by Crippen LogP contribution is -2.26. The normalized spacial score (nSPS) is 10.5. The SMILES string of the molecule is CCCCNc1cnn(CCOC)c(=O)c1Br. The third-order valence-electron chi connectivity index (χ3n) is 2.34. The average Bonchev–Trinajstić information content (AvgIpc) is 2.34. The largest absolute Gasteiger partial charge is 0.383 e. The molecule has 6 heteroatoms. The summed E-state index contributed by atoms with van der Waals surface area (Å²) in [7, 11) is 1.60. The molecule has 0 bridgehead atoms. The van der Waals surface area contributed by atoms with Gasteiger partial charge < -0.3 is 10.1 Å². The number of ether oxygens (including phenoxy) is 1. The summed E-state index contributed by atoms with van der Waals surface area (Å²) in [6.07, 6.45) is 3.85. The summed E-state index contributed by atoms with van der Waals surface area (Å²) in [5, 5.41) is 7.27. The van der Waals surface area contributed by atoms with Crippen molar-refractivity contribution in [2.45, 2.75) is 26.3 Å². The van der Waals surface area contributed by atoms with E-state index >= 15 is 0 Å². The molecule has 0 aromatic carbocycles. The van der Waals surface area contributed by atoms with Gasteiger partial charge in [0.05, 0.1) is 25.0 Å². The Morgan fingerprint density at radius 1 is 1.59 bits per heavy atom. The minimum atomic E-state index is -0.136. The first kappa shape index (κ1) is 14.2. The summed E-state index contributed by atoms with van der Waals surface area (Å²) in [5.74, 6) is 0. The molecule has 5 nitrogen and oxygen atoms in total. The number of hydrogen-bond donors (Lipinski definition) is 1. The average molecular weight is 304 g/mol. The van der Waals surface area contributed by atoms with Gasteiger partial charge >= 0.3 is 0 Å². The van der Waals surface area contributed by atoms with Gasteiger partial charge in [0.25, 0.3) is 5.56 Å². The van der Waals surface area contributed by atoms with Crippen LogP contribution in [-0.2, 0) is 11.3 Å². The van der Waals surface area contributed by atoms with Crippen molar-refractivity contribution in [3.63, 3.8) is 0 Å². The number of nitrogens with one attached hydrogen (secondary N) is 1. The molecule has 0 saturated carbocycles. The molecule has 0 aliphatic carbocycles. The summed E-state index contributed by atoms with van der Waals surface area (Å²) in [5.41, 5.74) is 0.612. The summed E-state index contributed by atoms with van der Waals surface area (Å²) in [6.45, 7) is 3.90. The van der Waals surface area contributed by atoms with E-state index in [1.807, 2.05) is 0 Å². The Balaban J connectivity index is 2.76. The number of nitrogens with zero attached hydrogens (tertiary/aromatic N) is 2. The molecule has 0 saturated heterocycles. The fourth-order valence-electron chi connectivity index (χ4n) is 1.33. The van der Waals surface area contributed by atoms with Gasteiger partial charge in [-0.05, 0) is 22.4 Å². The monoisotopic (exact) mass is 303 g/mol. The maximum Gasteiger partial charge on any atom is 0.283 e. The van der Waals surface area contributed by atoms with E-state index in [1.54, 1.807) is 13.3 Å². The van der Waals surface area contributed by atoms with Gasteiger partial charge in [-0.2, -0.15) is 5.10 Å². The molecule has 1 rings (SSSR count). The molecule has 0 unspecified atom stereocenters.